The number of nitro groups is 1. The highest BCUT2D eigenvalue weighted by molar-refractivity contribution is 9.10. The molecule has 0 radical (unpaired) electrons. The fourth-order valence-corrected chi connectivity index (χ4v) is 5.10. The van der Waals surface area contributed by atoms with Crippen molar-refractivity contribution in [1.82, 2.24) is 9.21 Å². The van der Waals surface area contributed by atoms with E-state index in [1.165, 1.54) is 22.5 Å². The Labute approximate surface area is 177 Å². The van der Waals surface area contributed by atoms with Crippen LogP contribution in [0.1, 0.15) is 12.0 Å². The first kappa shape index (κ1) is 21.4. The molecule has 10 heteroatoms. The number of nitrogens with zero attached hydrogens (tertiary/aromatic N) is 3. The van der Waals surface area contributed by atoms with E-state index >= 15 is 0 Å². The Morgan fingerprint density at radius 3 is 2.41 bits per heavy atom. The van der Waals surface area contributed by atoms with Crippen molar-refractivity contribution in [3.63, 3.8) is 0 Å². The average molecular weight is 482 g/mol. The molecule has 1 aliphatic heterocycles. The van der Waals surface area contributed by atoms with E-state index in [1.54, 1.807) is 4.90 Å². The van der Waals surface area contributed by atoms with E-state index in [0.29, 0.717) is 25.9 Å². The summed E-state index contributed by atoms with van der Waals surface area (Å²) < 4.78 is 27.8. The van der Waals surface area contributed by atoms with Crippen LogP contribution in [0.2, 0.25) is 0 Å². The number of nitro benzene ring substituents is 1. The maximum Gasteiger partial charge on any atom is 0.270 e. The van der Waals surface area contributed by atoms with Gasteiger partial charge in [0.1, 0.15) is 0 Å². The summed E-state index contributed by atoms with van der Waals surface area (Å²) in [6.07, 6.45) is 0.971. The largest absolute Gasteiger partial charge is 0.340 e. The molecule has 0 aromatic heterocycles. The molecule has 1 fully saturated rings. The molecule has 0 N–H and O–H groups in total. The normalized spacial score (nSPS) is 15.3. The van der Waals surface area contributed by atoms with Gasteiger partial charge in [0.2, 0.25) is 15.9 Å². The second kappa shape index (κ2) is 9.02. The Kier molecular flexibility index (Phi) is 6.66. The van der Waals surface area contributed by atoms with Crippen molar-refractivity contribution < 1.29 is 18.1 Å². The van der Waals surface area contributed by atoms with Crippen LogP contribution in [0.3, 0.4) is 0 Å². The summed E-state index contributed by atoms with van der Waals surface area (Å²) in [6.45, 7) is 0.915. The molecule has 0 atom stereocenters. The first-order valence-corrected chi connectivity index (χ1v) is 11.3. The van der Waals surface area contributed by atoms with Crippen LogP contribution in [-0.2, 0) is 21.2 Å². The van der Waals surface area contributed by atoms with Gasteiger partial charge in [0.15, 0.2) is 0 Å². The molecular weight excluding hydrogens is 462 g/mol. The molecule has 0 bridgehead atoms. The molecule has 0 saturated carbocycles. The molecule has 0 aliphatic carbocycles. The third-order valence-corrected chi connectivity index (χ3v) is 7.16. The number of rotatable bonds is 6. The second-order valence-electron chi connectivity index (χ2n) is 6.67. The number of carbonyl (C=O) groups is 1. The first-order chi connectivity index (χ1) is 13.8. The summed E-state index contributed by atoms with van der Waals surface area (Å²) in [5, 5.41) is 10.9. The van der Waals surface area contributed by atoms with Gasteiger partial charge < -0.3 is 4.90 Å². The van der Waals surface area contributed by atoms with Gasteiger partial charge in [-0.3, -0.25) is 14.9 Å². The molecule has 2 aromatic rings. The minimum absolute atomic E-state index is 0.0163. The van der Waals surface area contributed by atoms with Crippen molar-refractivity contribution in [3.05, 3.63) is 68.7 Å². The zero-order valence-corrected chi connectivity index (χ0v) is 17.9. The fourth-order valence-electron chi connectivity index (χ4n) is 3.19. The van der Waals surface area contributed by atoms with Crippen LogP contribution in [0.5, 0.6) is 0 Å². The zero-order chi connectivity index (χ0) is 21.0. The highest BCUT2D eigenvalue weighted by atomic mass is 79.9. The molecule has 3 rings (SSSR count). The molecule has 1 amide bonds. The van der Waals surface area contributed by atoms with E-state index in [2.05, 4.69) is 15.9 Å². The molecular formula is C19H20BrN3O5S. The average Bonchev–Trinajstić information content (AvgIpc) is 2.72. The summed E-state index contributed by atoms with van der Waals surface area (Å²) in [4.78, 5) is 24.3. The number of hydrogen-bond donors (Lipinski definition) is 0. The topological polar surface area (TPSA) is 101 Å². The maximum absolute atomic E-state index is 12.8. The molecule has 0 unspecified atom stereocenters. The number of hydrogen-bond acceptors (Lipinski definition) is 5. The van der Waals surface area contributed by atoms with Crippen LogP contribution in [0.4, 0.5) is 5.69 Å². The van der Waals surface area contributed by atoms with Crippen molar-refractivity contribution in [2.75, 3.05) is 26.2 Å². The summed E-state index contributed by atoms with van der Waals surface area (Å²) >= 11 is 3.41. The Bertz CT molecular complexity index is 1020. The van der Waals surface area contributed by atoms with E-state index in [1.807, 2.05) is 24.3 Å². The van der Waals surface area contributed by atoms with Crippen LogP contribution < -0.4 is 0 Å². The minimum Gasteiger partial charge on any atom is -0.340 e. The first-order valence-electron chi connectivity index (χ1n) is 9.04. The van der Waals surface area contributed by atoms with Gasteiger partial charge in [-0.05, 0) is 30.2 Å². The van der Waals surface area contributed by atoms with Crippen molar-refractivity contribution >= 4 is 37.5 Å². The number of halogens is 1. The van der Waals surface area contributed by atoms with Gasteiger partial charge >= 0.3 is 0 Å². The predicted molar refractivity (Wildman–Crippen MR) is 111 cm³/mol. The number of sulfonamides is 1. The quantitative estimate of drug-likeness (QED) is 0.466. The smallest absolute Gasteiger partial charge is 0.270 e. The molecule has 1 saturated heterocycles. The number of aryl methyl sites for hydroxylation is 1. The zero-order valence-electron chi connectivity index (χ0n) is 15.5. The van der Waals surface area contributed by atoms with E-state index in [4.69, 9.17) is 0 Å². The SMILES string of the molecule is O=C(CCc1cccc(Br)c1)N1CCN(S(=O)(=O)c2cccc([N+](=O)[O-])c2)CC1. The third kappa shape index (κ3) is 5.20. The van der Waals surface area contributed by atoms with Gasteiger partial charge in [0, 0.05) is 49.2 Å². The van der Waals surface area contributed by atoms with Crippen molar-refractivity contribution in [3.8, 4) is 0 Å². The third-order valence-electron chi connectivity index (χ3n) is 4.77. The lowest BCUT2D eigenvalue weighted by Crippen LogP contribution is -2.50. The van der Waals surface area contributed by atoms with Crippen molar-refractivity contribution in [2.24, 2.45) is 0 Å². The van der Waals surface area contributed by atoms with Gasteiger partial charge in [0.25, 0.3) is 5.69 Å². The van der Waals surface area contributed by atoms with Crippen LogP contribution in [0, 0.1) is 10.1 Å². The monoisotopic (exact) mass is 481 g/mol. The molecule has 1 heterocycles. The molecule has 1 aliphatic rings. The maximum atomic E-state index is 12.8. The van der Waals surface area contributed by atoms with Gasteiger partial charge in [-0.1, -0.05) is 34.1 Å². The minimum atomic E-state index is -3.84. The predicted octanol–water partition coefficient (Wildman–Crippen LogP) is 2.82. The van der Waals surface area contributed by atoms with Gasteiger partial charge in [-0.2, -0.15) is 4.31 Å². The van der Waals surface area contributed by atoms with E-state index < -0.39 is 14.9 Å². The summed E-state index contributed by atoms with van der Waals surface area (Å²) in [6, 6.07) is 12.8. The summed E-state index contributed by atoms with van der Waals surface area (Å²) in [7, 11) is -3.84. The van der Waals surface area contributed by atoms with Crippen molar-refractivity contribution in [1.29, 1.82) is 0 Å². The number of amides is 1. The van der Waals surface area contributed by atoms with Crippen LogP contribution in [0.15, 0.2) is 57.9 Å². The molecule has 154 valence electrons. The fraction of sp³-hybridized carbons (Fsp3) is 0.316. The molecule has 2 aromatic carbocycles. The summed E-state index contributed by atoms with van der Waals surface area (Å²) in [5.41, 5.74) is 0.784. The van der Waals surface area contributed by atoms with E-state index in [9.17, 15) is 23.3 Å². The van der Waals surface area contributed by atoms with Crippen LogP contribution in [0.25, 0.3) is 0 Å². The Hall–Kier alpha value is -2.30. The molecule has 0 spiro atoms. The van der Waals surface area contributed by atoms with Crippen LogP contribution in [-0.4, -0.2) is 54.6 Å². The highest BCUT2D eigenvalue weighted by Gasteiger charge is 2.30. The summed E-state index contributed by atoms with van der Waals surface area (Å²) in [5.74, 6) is -0.0163. The number of benzene rings is 2. The van der Waals surface area contributed by atoms with Crippen LogP contribution >= 0.6 is 15.9 Å². The Morgan fingerprint density at radius 1 is 1.07 bits per heavy atom. The van der Waals surface area contributed by atoms with Gasteiger partial charge in [-0.15, -0.1) is 0 Å². The highest BCUT2D eigenvalue weighted by Crippen LogP contribution is 2.22. The standard InChI is InChI=1S/C19H20BrN3O5S/c20-16-4-1-3-15(13-16)7-8-19(24)21-9-11-22(12-10-21)29(27,28)18-6-2-5-17(14-18)23(25)26/h1-6,13-14H,7-12H2. The molecule has 29 heavy (non-hydrogen) atoms. The lowest BCUT2D eigenvalue weighted by Gasteiger charge is -2.34. The number of non-ortho nitro benzene ring substituents is 1. The lowest BCUT2D eigenvalue weighted by molar-refractivity contribution is -0.385. The van der Waals surface area contributed by atoms with Gasteiger partial charge in [0.05, 0.1) is 9.82 Å². The van der Waals surface area contributed by atoms with Crippen molar-refractivity contribution in [2.45, 2.75) is 17.7 Å². The van der Waals surface area contributed by atoms with E-state index in [-0.39, 0.29) is 29.6 Å². The second-order valence-corrected chi connectivity index (χ2v) is 9.52. The van der Waals surface area contributed by atoms with Gasteiger partial charge in [-0.25, -0.2) is 8.42 Å². The lowest BCUT2D eigenvalue weighted by atomic mass is 10.1. The number of piperazine rings is 1. The Morgan fingerprint density at radius 2 is 1.76 bits per heavy atom. The van der Waals surface area contributed by atoms with E-state index in [0.717, 1.165) is 16.1 Å². The molecule has 8 nitrogen and oxygen atoms in total. The number of carbonyl (C=O) groups excluding carboxylic acids is 1. The Balaban J connectivity index is 1.58.